The fraction of sp³-hybridized carbons (Fsp3) is 0.250. The smallest absolute Gasteiger partial charge is 0.127 e. The molecular formula is C16H16ClNO3. The molecule has 1 aromatic heterocycles. The van der Waals surface area contributed by atoms with Crippen LogP contribution in [0.2, 0.25) is 5.02 Å². The van der Waals surface area contributed by atoms with Gasteiger partial charge in [-0.3, -0.25) is 0 Å². The zero-order valence-corrected chi connectivity index (χ0v) is 12.1. The molecule has 1 unspecified atom stereocenters. The maximum Gasteiger partial charge on any atom is 0.127 e. The Labute approximate surface area is 128 Å². The van der Waals surface area contributed by atoms with E-state index in [-0.39, 0.29) is 12.6 Å². The second kappa shape index (κ2) is 6.35. The molecule has 2 heterocycles. The van der Waals surface area contributed by atoms with E-state index >= 15 is 0 Å². The first kappa shape index (κ1) is 14.2. The van der Waals surface area contributed by atoms with Crippen LogP contribution in [0.1, 0.15) is 17.4 Å². The minimum Gasteiger partial charge on any atom is -0.489 e. The maximum absolute atomic E-state index is 9.43. The Kier molecular flexibility index (Phi) is 4.29. The summed E-state index contributed by atoms with van der Waals surface area (Å²) in [5.41, 5.74) is 2.07. The predicted molar refractivity (Wildman–Crippen MR) is 81.5 cm³/mol. The molecule has 4 nitrogen and oxygen atoms in total. The first-order valence-electron chi connectivity index (χ1n) is 6.75. The molecule has 0 saturated carbocycles. The summed E-state index contributed by atoms with van der Waals surface area (Å²) in [6, 6.07) is 9.00. The number of fused-ring (bicyclic) bond motifs is 1. The first-order chi connectivity index (χ1) is 10.3. The van der Waals surface area contributed by atoms with Crippen LogP contribution in [0.5, 0.6) is 5.75 Å². The molecule has 0 fully saturated rings. The van der Waals surface area contributed by atoms with Gasteiger partial charge in [0.05, 0.1) is 18.9 Å². The minimum atomic E-state index is -0.221. The van der Waals surface area contributed by atoms with Crippen LogP contribution >= 0.6 is 11.6 Å². The van der Waals surface area contributed by atoms with Crippen LogP contribution in [-0.4, -0.2) is 24.9 Å². The van der Waals surface area contributed by atoms with E-state index in [1.807, 2.05) is 24.3 Å². The first-order valence-corrected chi connectivity index (χ1v) is 7.13. The lowest BCUT2D eigenvalue weighted by Crippen LogP contribution is -2.28. The third-order valence-electron chi connectivity index (χ3n) is 3.39. The van der Waals surface area contributed by atoms with Crippen molar-refractivity contribution in [2.24, 2.45) is 0 Å². The third kappa shape index (κ3) is 3.29. The number of aliphatic hydroxyl groups excluding tert-OH is 1. The van der Waals surface area contributed by atoms with Crippen LogP contribution in [-0.2, 0) is 0 Å². The number of hydrogen-bond donors (Lipinski definition) is 2. The summed E-state index contributed by atoms with van der Waals surface area (Å²) >= 11 is 6.00. The Morgan fingerprint density at radius 1 is 1.33 bits per heavy atom. The van der Waals surface area contributed by atoms with Gasteiger partial charge in [0, 0.05) is 17.1 Å². The van der Waals surface area contributed by atoms with Crippen molar-refractivity contribution in [3.8, 4) is 5.75 Å². The lowest BCUT2D eigenvalue weighted by Gasteiger charge is -2.20. The number of nitrogens with one attached hydrogen (secondary N) is 1. The molecular weight excluding hydrogens is 290 g/mol. The van der Waals surface area contributed by atoms with Crippen molar-refractivity contribution in [3.63, 3.8) is 0 Å². The van der Waals surface area contributed by atoms with Crippen LogP contribution < -0.4 is 10.1 Å². The summed E-state index contributed by atoms with van der Waals surface area (Å²) in [4.78, 5) is 0. The van der Waals surface area contributed by atoms with Crippen LogP contribution in [0, 0.1) is 0 Å². The largest absolute Gasteiger partial charge is 0.489 e. The van der Waals surface area contributed by atoms with Crippen molar-refractivity contribution in [2.75, 3.05) is 19.8 Å². The van der Waals surface area contributed by atoms with E-state index in [4.69, 9.17) is 20.8 Å². The second-order valence-electron chi connectivity index (χ2n) is 4.90. The van der Waals surface area contributed by atoms with Gasteiger partial charge in [-0.15, -0.1) is 0 Å². The van der Waals surface area contributed by atoms with E-state index in [0.29, 0.717) is 18.2 Å². The Bertz CT molecular complexity index is 637. The molecule has 1 aliphatic heterocycles. The molecule has 0 aliphatic carbocycles. The number of halogens is 1. The molecule has 2 N–H and O–H groups in total. The molecule has 0 amide bonds. The minimum absolute atomic E-state index is 0.0237. The van der Waals surface area contributed by atoms with Crippen molar-refractivity contribution >= 4 is 17.7 Å². The van der Waals surface area contributed by atoms with Crippen molar-refractivity contribution in [3.05, 3.63) is 58.5 Å². The topological polar surface area (TPSA) is 54.6 Å². The van der Waals surface area contributed by atoms with Crippen molar-refractivity contribution in [1.82, 2.24) is 5.32 Å². The van der Waals surface area contributed by atoms with Gasteiger partial charge in [0.15, 0.2) is 0 Å². The van der Waals surface area contributed by atoms with Gasteiger partial charge in [-0.1, -0.05) is 11.6 Å². The average Bonchev–Trinajstić information content (AvgIpc) is 3.01. The van der Waals surface area contributed by atoms with Crippen LogP contribution in [0.3, 0.4) is 0 Å². The molecule has 1 aliphatic rings. The van der Waals surface area contributed by atoms with Crippen molar-refractivity contribution in [1.29, 1.82) is 0 Å². The van der Waals surface area contributed by atoms with Crippen molar-refractivity contribution in [2.45, 2.75) is 6.04 Å². The zero-order chi connectivity index (χ0) is 14.7. The predicted octanol–water partition coefficient (Wildman–Crippen LogP) is 3.03. The fourth-order valence-corrected chi connectivity index (χ4v) is 2.48. The number of hydrogen-bond acceptors (Lipinski definition) is 4. The maximum atomic E-state index is 9.43. The molecule has 0 bridgehead atoms. The van der Waals surface area contributed by atoms with Gasteiger partial charge in [-0.25, -0.2) is 0 Å². The molecule has 2 aromatic rings. The second-order valence-corrected chi connectivity index (χ2v) is 5.34. The summed E-state index contributed by atoms with van der Waals surface area (Å²) in [5.74, 6) is 1.56. The summed E-state index contributed by atoms with van der Waals surface area (Å²) in [6.45, 7) is 1.11. The number of aliphatic hydroxyl groups is 1. The molecule has 1 aromatic carbocycles. The van der Waals surface area contributed by atoms with Gasteiger partial charge < -0.3 is 19.6 Å². The Hall–Kier alpha value is -1.75. The standard InChI is InChI=1S/C16H16ClNO3/c17-13-3-4-15-12(7-13)6-11(10-21-15)8-18-14(9-19)16-2-1-5-20-16/h1-7,14,18-19H,8-10H2. The van der Waals surface area contributed by atoms with E-state index in [1.54, 1.807) is 12.3 Å². The highest BCUT2D eigenvalue weighted by Crippen LogP contribution is 2.28. The van der Waals surface area contributed by atoms with E-state index in [0.717, 1.165) is 22.6 Å². The van der Waals surface area contributed by atoms with E-state index in [2.05, 4.69) is 11.4 Å². The zero-order valence-electron chi connectivity index (χ0n) is 11.4. The summed E-state index contributed by atoms with van der Waals surface area (Å²) < 4.78 is 11.0. The number of benzene rings is 1. The lowest BCUT2D eigenvalue weighted by molar-refractivity contribution is 0.227. The van der Waals surface area contributed by atoms with Crippen molar-refractivity contribution < 1.29 is 14.3 Å². The Morgan fingerprint density at radius 3 is 3.00 bits per heavy atom. The highest BCUT2D eigenvalue weighted by atomic mass is 35.5. The monoisotopic (exact) mass is 305 g/mol. The van der Waals surface area contributed by atoms with Gasteiger partial charge in [0.1, 0.15) is 18.1 Å². The van der Waals surface area contributed by atoms with E-state index in [1.165, 1.54) is 0 Å². The Balaban J connectivity index is 1.68. The van der Waals surface area contributed by atoms with Gasteiger partial charge in [-0.2, -0.15) is 0 Å². The van der Waals surface area contributed by atoms with Crippen LogP contribution in [0.15, 0.2) is 46.6 Å². The lowest BCUT2D eigenvalue weighted by atomic mass is 10.1. The van der Waals surface area contributed by atoms with Crippen LogP contribution in [0.25, 0.3) is 6.08 Å². The molecule has 5 heteroatoms. The number of rotatable bonds is 5. The molecule has 0 saturated heterocycles. The van der Waals surface area contributed by atoms with Gasteiger partial charge in [0.2, 0.25) is 0 Å². The molecule has 3 rings (SSSR count). The summed E-state index contributed by atoms with van der Waals surface area (Å²) in [7, 11) is 0. The summed E-state index contributed by atoms with van der Waals surface area (Å²) in [5, 5.41) is 13.4. The molecule has 21 heavy (non-hydrogen) atoms. The average molecular weight is 306 g/mol. The highest BCUT2D eigenvalue weighted by Gasteiger charge is 2.16. The third-order valence-corrected chi connectivity index (χ3v) is 3.62. The van der Waals surface area contributed by atoms with E-state index in [9.17, 15) is 5.11 Å². The Morgan fingerprint density at radius 2 is 2.24 bits per heavy atom. The normalized spacial score (nSPS) is 15.0. The van der Waals surface area contributed by atoms with Gasteiger partial charge in [-0.05, 0) is 42.0 Å². The molecule has 1 atom stereocenters. The quantitative estimate of drug-likeness (QED) is 0.891. The highest BCUT2D eigenvalue weighted by molar-refractivity contribution is 6.30. The molecule has 0 spiro atoms. The van der Waals surface area contributed by atoms with E-state index < -0.39 is 0 Å². The van der Waals surface area contributed by atoms with Gasteiger partial charge >= 0.3 is 0 Å². The van der Waals surface area contributed by atoms with Gasteiger partial charge in [0.25, 0.3) is 0 Å². The molecule has 0 radical (unpaired) electrons. The summed E-state index contributed by atoms with van der Waals surface area (Å²) in [6.07, 6.45) is 3.66. The fourth-order valence-electron chi connectivity index (χ4n) is 2.30. The number of ether oxygens (including phenoxy) is 1. The molecule has 110 valence electrons. The number of furan rings is 1. The van der Waals surface area contributed by atoms with Crippen LogP contribution in [0.4, 0.5) is 0 Å². The SMILES string of the molecule is OCC(NCC1=Cc2cc(Cl)ccc2OC1)c1ccco1.